The predicted molar refractivity (Wildman–Crippen MR) is 57.3 cm³/mol. The summed E-state index contributed by atoms with van der Waals surface area (Å²) in [6, 6.07) is 0.0768. The maximum absolute atomic E-state index is 12.1. The molecule has 86 valence electrons. The van der Waals surface area contributed by atoms with E-state index in [1.807, 2.05) is 11.8 Å². The minimum atomic E-state index is 0.0768. The minimum absolute atomic E-state index is 0.0768. The first-order valence-corrected chi connectivity index (χ1v) is 5.86. The van der Waals surface area contributed by atoms with Crippen LogP contribution in [0.2, 0.25) is 0 Å². The first kappa shape index (κ1) is 10.9. The number of rotatable bonds is 3. The van der Waals surface area contributed by atoms with Gasteiger partial charge in [0.05, 0.1) is 12.6 Å². The fourth-order valence-electron chi connectivity index (χ4n) is 2.44. The lowest BCUT2D eigenvalue weighted by Crippen LogP contribution is -2.51. The summed E-state index contributed by atoms with van der Waals surface area (Å²) < 4.78 is 0. The summed E-state index contributed by atoms with van der Waals surface area (Å²) in [5.41, 5.74) is 0. The zero-order valence-corrected chi connectivity index (χ0v) is 9.28. The van der Waals surface area contributed by atoms with E-state index >= 15 is 0 Å². The third-order valence-corrected chi connectivity index (χ3v) is 3.78. The monoisotopic (exact) mass is 212 g/mol. The summed E-state index contributed by atoms with van der Waals surface area (Å²) in [6.07, 6.45) is 1.99. The first-order valence-electron chi connectivity index (χ1n) is 5.86. The van der Waals surface area contributed by atoms with E-state index in [0.717, 1.165) is 32.5 Å². The summed E-state index contributed by atoms with van der Waals surface area (Å²) >= 11 is 0. The Kier molecular flexibility index (Phi) is 3.26. The van der Waals surface area contributed by atoms with Crippen LogP contribution in [0.15, 0.2) is 0 Å². The lowest BCUT2D eigenvalue weighted by Gasteiger charge is -2.35. The summed E-state index contributed by atoms with van der Waals surface area (Å²) in [4.78, 5) is 14.0. The predicted octanol–water partition coefficient (Wildman–Crippen LogP) is -0.175. The molecule has 0 aromatic heterocycles. The van der Waals surface area contributed by atoms with Crippen LogP contribution in [-0.4, -0.2) is 48.2 Å². The van der Waals surface area contributed by atoms with Crippen LogP contribution in [0, 0.1) is 11.8 Å². The van der Waals surface area contributed by atoms with E-state index in [1.165, 1.54) is 0 Å². The van der Waals surface area contributed by atoms with Crippen LogP contribution in [0.25, 0.3) is 0 Å². The molecule has 2 rings (SSSR count). The molecule has 0 aliphatic carbocycles. The highest BCUT2D eigenvalue weighted by molar-refractivity contribution is 5.79. The number of hydrogen-bond donors (Lipinski definition) is 2. The number of carbonyl (C=O) groups is 1. The Morgan fingerprint density at radius 3 is 2.87 bits per heavy atom. The van der Waals surface area contributed by atoms with E-state index in [-0.39, 0.29) is 24.5 Å². The smallest absolute Gasteiger partial charge is 0.226 e. The molecule has 2 saturated heterocycles. The van der Waals surface area contributed by atoms with Gasteiger partial charge in [-0.1, -0.05) is 6.92 Å². The van der Waals surface area contributed by atoms with Crippen molar-refractivity contribution < 1.29 is 9.90 Å². The molecule has 4 heteroatoms. The van der Waals surface area contributed by atoms with Crippen molar-refractivity contribution in [3.05, 3.63) is 0 Å². The standard InChI is InChI=1S/C11H20N2O2/c1-8(9-5-12-6-9)11(15)13-4-2-3-10(13)7-14/h8-10,12,14H,2-7H2,1H3. The van der Waals surface area contributed by atoms with E-state index in [4.69, 9.17) is 0 Å². The van der Waals surface area contributed by atoms with Crippen molar-refractivity contribution in [3.8, 4) is 0 Å². The molecule has 0 radical (unpaired) electrons. The molecular formula is C11H20N2O2. The Labute approximate surface area is 90.6 Å². The summed E-state index contributed by atoms with van der Waals surface area (Å²) in [5.74, 6) is 0.842. The van der Waals surface area contributed by atoms with Gasteiger partial charge < -0.3 is 15.3 Å². The van der Waals surface area contributed by atoms with Gasteiger partial charge in [-0.05, 0) is 31.8 Å². The SMILES string of the molecule is CC(C(=O)N1CCCC1CO)C1CNC1. The highest BCUT2D eigenvalue weighted by atomic mass is 16.3. The van der Waals surface area contributed by atoms with E-state index < -0.39 is 0 Å². The quantitative estimate of drug-likeness (QED) is 0.682. The van der Waals surface area contributed by atoms with Crippen molar-refractivity contribution in [3.63, 3.8) is 0 Å². The van der Waals surface area contributed by atoms with Gasteiger partial charge in [-0.15, -0.1) is 0 Å². The Bertz CT molecular complexity index is 241. The van der Waals surface area contributed by atoms with Crippen LogP contribution < -0.4 is 5.32 Å². The van der Waals surface area contributed by atoms with Gasteiger partial charge >= 0.3 is 0 Å². The average molecular weight is 212 g/mol. The topological polar surface area (TPSA) is 52.6 Å². The number of nitrogens with zero attached hydrogens (tertiary/aromatic N) is 1. The molecule has 2 atom stereocenters. The third-order valence-electron chi connectivity index (χ3n) is 3.78. The Morgan fingerprint density at radius 2 is 2.33 bits per heavy atom. The number of carbonyl (C=O) groups excluding carboxylic acids is 1. The van der Waals surface area contributed by atoms with Crippen LogP contribution >= 0.6 is 0 Å². The van der Waals surface area contributed by atoms with Crippen molar-refractivity contribution in [2.24, 2.45) is 11.8 Å². The highest BCUT2D eigenvalue weighted by Crippen LogP contribution is 2.24. The Morgan fingerprint density at radius 1 is 1.60 bits per heavy atom. The molecule has 0 bridgehead atoms. The fourth-order valence-corrected chi connectivity index (χ4v) is 2.44. The second-order valence-corrected chi connectivity index (χ2v) is 4.72. The molecule has 2 unspecified atom stereocenters. The fraction of sp³-hybridized carbons (Fsp3) is 0.909. The molecule has 2 N–H and O–H groups in total. The van der Waals surface area contributed by atoms with Crippen LogP contribution in [0.5, 0.6) is 0 Å². The Balaban J connectivity index is 1.93. The molecule has 15 heavy (non-hydrogen) atoms. The van der Waals surface area contributed by atoms with E-state index in [0.29, 0.717) is 5.92 Å². The van der Waals surface area contributed by atoms with Gasteiger partial charge in [-0.25, -0.2) is 0 Å². The minimum Gasteiger partial charge on any atom is -0.394 e. The second-order valence-electron chi connectivity index (χ2n) is 4.72. The summed E-state index contributed by atoms with van der Waals surface area (Å²) in [6.45, 7) is 4.88. The Hall–Kier alpha value is -0.610. The van der Waals surface area contributed by atoms with Crippen LogP contribution in [0.1, 0.15) is 19.8 Å². The van der Waals surface area contributed by atoms with E-state index in [1.54, 1.807) is 0 Å². The van der Waals surface area contributed by atoms with Crippen LogP contribution in [-0.2, 0) is 4.79 Å². The highest BCUT2D eigenvalue weighted by Gasteiger charge is 2.35. The molecule has 2 heterocycles. The number of aliphatic hydroxyl groups is 1. The van der Waals surface area contributed by atoms with Gasteiger partial charge in [0, 0.05) is 12.5 Å². The summed E-state index contributed by atoms with van der Waals surface area (Å²) in [5, 5.41) is 12.4. The number of amides is 1. The molecule has 2 aliphatic heterocycles. The van der Waals surface area contributed by atoms with Crippen molar-refractivity contribution in [1.82, 2.24) is 10.2 Å². The van der Waals surface area contributed by atoms with E-state index in [2.05, 4.69) is 5.32 Å². The van der Waals surface area contributed by atoms with Crippen molar-refractivity contribution in [2.45, 2.75) is 25.8 Å². The third kappa shape index (κ3) is 2.01. The van der Waals surface area contributed by atoms with Gasteiger partial charge in [0.15, 0.2) is 0 Å². The van der Waals surface area contributed by atoms with Crippen LogP contribution in [0.4, 0.5) is 0 Å². The number of aliphatic hydroxyl groups excluding tert-OH is 1. The van der Waals surface area contributed by atoms with Crippen molar-refractivity contribution in [2.75, 3.05) is 26.2 Å². The molecule has 0 aromatic rings. The average Bonchev–Trinajstić information content (AvgIpc) is 2.61. The van der Waals surface area contributed by atoms with Crippen molar-refractivity contribution >= 4 is 5.91 Å². The normalized spacial score (nSPS) is 28.9. The molecule has 2 fully saturated rings. The zero-order chi connectivity index (χ0) is 10.8. The van der Waals surface area contributed by atoms with Crippen molar-refractivity contribution in [1.29, 1.82) is 0 Å². The second kappa shape index (κ2) is 4.49. The summed E-state index contributed by atoms with van der Waals surface area (Å²) in [7, 11) is 0. The van der Waals surface area contributed by atoms with Gasteiger partial charge in [0.25, 0.3) is 0 Å². The lowest BCUT2D eigenvalue weighted by molar-refractivity contribution is -0.138. The first-order chi connectivity index (χ1) is 7.24. The largest absolute Gasteiger partial charge is 0.394 e. The number of nitrogens with one attached hydrogen (secondary N) is 1. The number of hydrogen-bond acceptors (Lipinski definition) is 3. The van der Waals surface area contributed by atoms with Gasteiger partial charge in [-0.2, -0.15) is 0 Å². The molecule has 2 aliphatic rings. The molecule has 0 spiro atoms. The number of likely N-dealkylation sites (tertiary alicyclic amines) is 1. The maximum atomic E-state index is 12.1. The van der Waals surface area contributed by atoms with Gasteiger partial charge in [0.2, 0.25) is 5.91 Å². The van der Waals surface area contributed by atoms with Gasteiger partial charge in [0.1, 0.15) is 0 Å². The van der Waals surface area contributed by atoms with Crippen LogP contribution in [0.3, 0.4) is 0 Å². The van der Waals surface area contributed by atoms with Gasteiger partial charge in [-0.3, -0.25) is 4.79 Å². The maximum Gasteiger partial charge on any atom is 0.226 e. The lowest BCUT2D eigenvalue weighted by atomic mass is 9.88. The molecular weight excluding hydrogens is 192 g/mol. The molecule has 0 saturated carbocycles. The molecule has 4 nitrogen and oxygen atoms in total. The van der Waals surface area contributed by atoms with E-state index in [9.17, 15) is 9.90 Å². The molecule has 1 amide bonds. The molecule has 0 aromatic carbocycles. The zero-order valence-electron chi connectivity index (χ0n) is 9.28.